The number of nitrogens with one attached hydrogen (secondary N) is 1. The second-order valence-corrected chi connectivity index (χ2v) is 7.71. The number of fused-ring (bicyclic) bond motifs is 1. The number of nitrogens with zero attached hydrogens (tertiary/aromatic N) is 1. The van der Waals surface area contributed by atoms with E-state index in [1.807, 2.05) is 12.1 Å². The van der Waals surface area contributed by atoms with Crippen LogP contribution in [-0.2, 0) is 4.79 Å². The molecule has 0 fully saturated rings. The van der Waals surface area contributed by atoms with E-state index in [0.29, 0.717) is 28.0 Å². The van der Waals surface area contributed by atoms with Crippen molar-refractivity contribution in [3.05, 3.63) is 56.7 Å². The summed E-state index contributed by atoms with van der Waals surface area (Å²) in [6.07, 6.45) is 1.42. The molecule has 156 valence electrons. The van der Waals surface area contributed by atoms with Crippen molar-refractivity contribution in [3.63, 3.8) is 0 Å². The number of hydrogen-bond acceptors (Lipinski definition) is 6. The minimum Gasteiger partial charge on any atom is -0.490 e. The monoisotopic (exact) mass is 538 g/mol. The van der Waals surface area contributed by atoms with Crippen LogP contribution in [0.15, 0.2) is 54.9 Å². The Morgan fingerprint density at radius 2 is 2.00 bits per heavy atom. The number of hydrazone groups is 1. The van der Waals surface area contributed by atoms with Crippen molar-refractivity contribution in [2.24, 2.45) is 5.10 Å². The first-order chi connectivity index (χ1) is 14.4. The van der Waals surface area contributed by atoms with Crippen molar-refractivity contribution >= 4 is 60.9 Å². The molecule has 0 unspecified atom stereocenters. The number of amides is 1. The van der Waals surface area contributed by atoms with E-state index in [4.69, 9.17) is 19.0 Å². The molecule has 0 spiro atoms. The Bertz CT molecular complexity index is 1130. The number of hydrogen-bond donors (Lipinski definition) is 2. The van der Waals surface area contributed by atoms with Crippen molar-refractivity contribution in [2.75, 3.05) is 13.2 Å². The highest BCUT2D eigenvalue weighted by molar-refractivity contribution is 9.10. The Balaban J connectivity index is 1.74. The standard InChI is InChI=1S/C20H16Br2N2O6/c1-2-28-16-6-11(5-14(22)19(16)29-10-18(25)26)9-23-24-20(27)17-8-12-7-13(21)3-4-15(12)30-17/h3-9H,2,10H2,1H3,(H,24,27)(H,25,26)/b23-9+. The molecular weight excluding hydrogens is 524 g/mol. The lowest BCUT2D eigenvalue weighted by Gasteiger charge is -2.13. The minimum absolute atomic E-state index is 0.133. The third-order valence-corrected chi connectivity index (χ3v) is 4.84. The normalized spacial score (nSPS) is 11.0. The number of carbonyl (C=O) groups excluding carboxylic acids is 1. The number of carbonyl (C=O) groups is 2. The van der Waals surface area contributed by atoms with Crippen LogP contribution in [0.3, 0.4) is 0 Å². The fourth-order valence-electron chi connectivity index (χ4n) is 2.55. The maximum atomic E-state index is 12.3. The van der Waals surface area contributed by atoms with Gasteiger partial charge in [-0.1, -0.05) is 15.9 Å². The second-order valence-electron chi connectivity index (χ2n) is 5.94. The van der Waals surface area contributed by atoms with E-state index in [-0.39, 0.29) is 11.5 Å². The number of benzene rings is 2. The quantitative estimate of drug-likeness (QED) is 0.320. The summed E-state index contributed by atoms with van der Waals surface area (Å²) in [6.45, 7) is 1.65. The summed E-state index contributed by atoms with van der Waals surface area (Å²) >= 11 is 6.71. The van der Waals surface area contributed by atoms with E-state index < -0.39 is 18.5 Å². The van der Waals surface area contributed by atoms with Crippen molar-refractivity contribution < 1.29 is 28.6 Å². The maximum Gasteiger partial charge on any atom is 0.341 e. The Labute approximate surface area is 188 Å². The third kappa shape index (κ3) is 5.39. The summed E-state index contributed by atoms with van der Waals surface area (Å²) in [4.78, 5) is 23.1. The lowest BCUT2D eigenvalue weighted by Crippen LogP contribution is -2.16. The number of furan rings is 1. The topological polar surface area (TPSA) is 110 Å². The van der Waals surface area contributed by atoms with E-state index in [2.05, 4.69) is 42.4 Å². The number of aliphatic carboxylic acids is 1. The molecule has 1 amide bonds. The van der Waals surface area contributed by atoms with Gasteiger partial charge in [0.25, 0.3) is 0 Å². The zero-order valence-corrected chi connectivity index (χ0v) is 18.8. The van der Waals surface area contributed by atoms with E-state index in [9.17, 15) is 9.59 Å². The van der Waals surface area contributed by atoms with E-state index in [0.717, 1.165) is 9.86 Å². The van der Waals surface area contributed by atoms with Crippen LogP contribution in [0, 0.1) is 0 Å². The van der Waals surface area contributed by atoms with Crippen LogP contribution in [0.4, 0.5) is 0 Å². The number of ether oxygens (including phenoxy) is 2. The second kappa shape index (κ2) is 9.77. The Hall–Kier alpha value is -2.85. The average molecular weight is 540 g/mol. The Kier molecular flexibility index (Phi) is 7.11. The van der Waals surface area contributed by atoms with Crippen molar-refractivity contribution in [2.45, 2.75) is 6.92 Å². The molecule has 0 saturated carbocycles. The summed E-state index contributed by atoms with van der Waals surface area (Å²) < 4.78 is 17.7. The summed E-state index contributed by atoms with van der Waals surface area (Å²) in [5.41, 5.74) is 3.60. The molecule has 0 aliphatic heterocycles. The van der Waals surface area contributed by atoms with Crippen LogP contribution >= 0.6 is 31.9 Å². The first-order valence-electron chi connectivity index (χ1n) is 8.70. The Morgan fingerprint density at radius 1 is 1.20 bits per heavy atom. The molecule has 0 atom stereocenters. The highest BCUT2D eigenvalue weighted by atomic mass is 79.9. The average Bonchev–Trinajstić information content (AvgIpc) is 3.10. The van der Waals surface area contributed by atoms with E-state index >= 15 is 0 Å². The number of halogens is 2. The molecular formula is C20H16Br2N2O6. The lowest BCUT2D eigenvalue weighted by atomic mass is 10.2. The number of rotatable bonds is 8. The molecule has 2 N–H and O–H groups in total. The van der Waals surface area contributed by atoms with Crippen LogP contribution in [-0.4, -0.2) is 36.4 Å². The molecule has 1 aromatic heterocycles. The van der Waals surface area contributed by atoms with Crippen LogP contribution < -0.4 is 14.9 Å². The molecule has 1 heterocycles. The van der Waals surface area contributed by atoms with Gasteiger partial charge in [0.05, 0.1) is 17.3 Å². The summed E-state index contributed by atoms with van der Waals surface area (Å²) in [7, 11) is 0. The number of carboxylic acid groups (broad SMARTS) is 1. The van der Waals surface area contributed by atoms with Gasteiger partial charge in [-0.2, -0.15) is 5.10 Å². The van der Waals surface area contributed by atoms with E-state index in [1.54, 1.807) is 31.2 Å². The van der Waals surface area contributed by atoms with Gasteiger partial charge in [-0.25, -0.2) is 10.2 Å². The molecule has 30 heavy (non-hydrogen) atoms. The third-order valence-electron chi connectivity index (χ3n) is 3.75. The van der Waals surface area contributed by atoms with Crippen LogP contribution in [0.1, 0.15) is 23.0 Å². The van der Waals surface area contributed by atoms with Gasteiger partial charge in [0.1, 0.15) is 5.58 Å². The van der Waals surface area contributed by atoms with Gasteiger partial charge < -0.3 is 19.0 Å². The molecule has 8 nitrogen and oxygen atoms in total. The van der Waals surface area contributed by atoms with Crippen molar-refractivity contribution in [1.82, 2.24) is 5.43 Å². The van der Waals surface area contributed by atoms with Crippen molar-refractivity contribution in [3.8, 4) is 11.5 Å². The largest absolute Gasteiger partial charge is 0.490 e. The molecule has 0 radical (unpaired) electrons. The summed E-state index contributed by atoms with van der Waals surface area (Å²) in [5.74, 6) is -0.841. The zero-order valence-electron chi connectivity index (χ0n) is 15.6. The predicted molar refractivity (Wildman–Crippen MR) is 117 cm³/mol. The van der Waals surface area contributed by atoms with Crippen LogP contribution in [0.2, 0.25) is 0 Å². The van der Waals surface area contributed by atoms with Gasteiger partial charge in [0.15, 0.2) is 23.9 Å². The Morgan fingerprint density at radius 3 is 2.73 bits per heavy atom. The zero-order chi connectivity index (χ0) is 21.7. The van der Waals surface area contributed by atoms with Crippen LogP contribution in [0.25, 0.3) is 11.0 Å². The van der Waals surface area contributed by atoms with E-state index in [1.165, 1.54) is 6.21 Å². The summed E-state index contributed by atoms with van der Waals surface area (Å²) in [6, 6.07) is 10.3. The molecule has 0 bridgehead atoms. The molecule has 10 heteroatoms. The lowest BCUT2D eigenvalue weighted by molar-refractivity contribution is -0.139. The molecule has 0 aliphatic carbocycles. The molecule has 3 rings (SSSR count). The molecule has 0 aliphatic rings. The fourth-order valence-corrected chi connectivity index (χ4v) is 3.50. The molecule has 3 aromatic rings. The first kappa shape index (κ1) is 21.8. The highest BCUT2D eigenvalue weighted by Gasteiger charge is 2.14. The van der Waals surface area contributed by atoms with Crippen molar-refractivity contribution in [1.29, 1.82) is 0 Å². The van der Waals surface area contributed by atoms with Gasteiger partial charge in [0, 0.05) is 9.86 Å². The minimum atomic E-state index is -1.10. The van der Waals surface area contributed by atoms with Gasteiger partial charge in [-0.15, -0.1) is 0 Å². The van der Waals surface area contributed by atoms with Gasteiger partial charge in [-0.3, -0.25) is 4.79 Å². The van der Waals surface area contributed by atoms with Gasteiger partial charge in [-0.05, 0) is 64.8 Å². The summed E-state index contributed by atoms with van der Waals surface area (Å²) in [5, 5.41) is 13.5. The predicted octanol–water partition coefficient (Wildman–Crippen LogP) is 4.58. The first-order valence-corrected chi connectivity index (χ1v) is 10.3. The highest BCUT2D eigenvalue weighted by Crippen LogP contribution is 2.36. The number of carboxylic acids is 1. The fraction of sp³-hybridized carbons (Fsp3) is 0.150. The van der Waals surface area contributed by atoms with Gasteiger partial charge in [0.2, 0.25) is 0 Å². The van der Waals surface area contributed by atoms with Gasteiger partial charge >= 0.3 is 11.9 Å². The smallest absolute Gasteiger partial charge is 0.341 e. The molecule has 2 aromatic carbocycles. The SMILES string of the molecule is CCOc1cc(/C=N/NC(=O)c2cc3cc(Br)ccc3o2)cc(Br)c1OCC(=O)O. The molecule has 0 saturated heterocycles. The van der Waals surface area contributed by atoms with Crippen LogP contribution in [0.5, 0.6) is 11.5 Å². The maximum absolute atomic E-state index is 12.3.